The zero-order valence-electron chi connectivity index (χ0n) is 15.8. The molecule has 1 saturated heterocycles. The van der Waals surface area contributed by atoms with Crippen molar-refractivity contribution in [2.45, 2.75) is 19.4 Å². The summed E-state index contributed by atoms with van der Waals surface area (Å²) in [7, 11) is 1.60. The number of ether oxygens (including phenoxy) is 2. The molecular weight excluding hydrogens is 342 g/mol. The number of hydrogen-bond acceptors (Lipinski definition) is 5. The lowest BCUT2D eigenvalue weighted by molar-refractivity contribution is 0.0808. The van der Waals surface area contributed by atoms with E-state index in [1.807, 2.05) is 48.5 Å². The van der Waals surface area contributed by atoms with E-state index in [1.165, 1.54) is 5.56 Å². The van der Waals surface area contributed by atoms with Gasteiger partial charge in [-0.1, -0.05) is 24.3 Å². The highest BCUT2D eigenvalue weighted by Gasteiger charge is 2.28. The van der Waals surface area contributed by atoms with Crippen LogP contribution in [0, 0.1) is 5.92 Å². The predicted octanol–water partition coefficient (Wildman–Crippen LogP) is 3.16. The summed E-state index contributed by atoms with van der Waals surface area (Å²) in [5, 5.41) is 8.82. The third-order valence-corrected chi connectivity index (χ3v) is 4.94. The molecule has 0 spiro atoms. The molecule has 144 valence electrons. The Morgan fingerprint density at radius 2 is 1.96 bits per heavy atom. The first-order chi connectivity index (χ1) is 13.2. The maximum atomic E-state index is 13.0. The Kier molecular flexibility index (Phi) is 6.85. The van der Waals surface area contributed by atoms with Crippen LogP contribution in [0.1, 0.15) is 28.8 Å². The highest BCUT2D eigenvalue weighted by atomic mass is 16.5. The second kappa shape index (κ2) is 9.53. The number of Topliss-reactive ketones (excluding diaryl/α,β-unsaturated/α-hetero) is 1. The molecule has 1 fully saturated rings. The topological polar surface area (TPSA) is 59.0 Å². The molecule has 27 heavy (non-hydrogen) atoms. The van der Waals surface area contributed by atoms with E-state index in [9.17, 15) is 4.79 Å². The van der Waals surface area contributed by atoms with Crippen molar-refractivity contribution >= 4 is 5.78 Å². The highest BCUT2D eigenvalue weighted by molar-refractivity contribution is 6.00. The van der Waals surface area contributed by atoms with Crippen LogP contribution >= 0.6 is 0 Å². The monoisotopic (exact) mass is 369 g/mol. The minimum absolute atomic E-state index is 0.00205. The molecule has 0 aliphatic carbocycles. The van der Waals surface area contributed by atoms with E-state index in [2.05, 4.69) is 4.90 Å². The van der Waals surface area contributed by atoms with Crippen molar-refractivity contribution < 1.29 is 19.4 Å². The highest BCUT2D eigenvalue weighted by Crippen LogP contribution is 2.27. The fourth-order valence-corrected chi connectivity index (χ4v) is 3.59. The number of hydrogen-bond donors (Lipinski definition) is 1. The number of aliphatic hydroxyl groups excluding tert-OH is 1. The van der Waals surface area contributed by atoms with E-state index < -0.39 is 0 Å². The second-order valence-corrected chi connectivity index (χ2v) is 6.85. The molecule has 0 amide bonds. The number of ketones is 1. The molecule has 1 atom stereocenters. The van der Waals surface area contributed by atoms with Gasteiger partial charge in [0.05, 0.1) is 19.3 Å². The van der Waals surface area contributed by atoms with Gasteiger partial charge in [0.1, 0.15) is 18.1 Å². The van der Waals surface area contributed by atoms with Gasteiger partial charge >= 0.3 is 0 Å². The number of methoxy groups -OCH3 is 1. The van der Waals surface area contributed by atoms with E-state index in [4.69, 9.17) is 14.6 Å². The number of benzene rings is 2. The van der Waals surface area contributed by atoms with Crippen LogP contribution in [0.25, 0.3) is 0 Å². The standard InChI is InChI=1S/C22H27NO4/c1-26-21-7-3-2-6-20(21)22(25)18-5-4-12-23(16-18)15-17-8-10-19(11-9-17)27-14-13-24/h2-3,6-11,18,24H,4-5,12-16H2,1H3/t18-/m1/s1. The SMILES string of the molecule is COc1ccccc1C(=O)[C@@H]1CCCN(Cc2ccc(OCCO)cc2)C1. The number of nitrogens with zero attached hydrogens (tertiary/aromatic N) is 1. The third kappa shape index (κ3) is 5.08. The van der Waals surface area contributed by atoms with Gasteiger partial charge in [-0.2, -0.15) is 0 Å². The predicted molar refractivity (Wildman–Crippen MR) is 104 cm³/mol. The molecular formula is C22H27NO4. The van der Waals surface area contributed by atoms with Gasteiger partial charge in [-0.25, -0.2) is 0 Å². The first-order valence-electron chi connectivity index (χ1n) is 9.43. The molecule has 1 aliphatic heterocycles. The smallest absolute Gasteiger partial charge is 0.170 e. The van der Waals surface area contributed by atoms with Crippen LogP contribution in [0.3, 0.4) is 0 Å². The summed E-state index contributed by atoms with van der Waals surface area (Å²) in [6.45, 7) is 2.89. The Labute approximate surface area is 160 Å². The Morgan fingerprint density at radius 3 is 2.70 bits per heavy atom. The number of likely N-dealkylation sites (tertiary alicyclic amines) is 1. The zero-order chi connectivity index (χ0) is 19.1. The van der Waals surface area contributed by atoms with Crippen molar-refractivity contribution in [3.05, 3.63) is 59.7 Å². The number of piperidine rings is 1. The van der Waals surface area contributed by atoms with E-state index in [1.54, 1.807) is 7.11 Å². The average molecular weight is 369 g/mol. The third-order valence-electron chi connectivity index (χ3n) is 4.94. The number of para-hydroxylation sites is 1. The van der Waals surface area contributed by atoms with Gasteiger partial charge in [0, 0.05) is 19.0 Å². The van der Waals surface area contributed by atoms with Crippen molar-refractivity contribution in [2.24, 2.45) is 5.92 Å². The molecule has 2 aromatic carbocycles. The van der Waals surface area contributed by atoms with Crippen LogP contribution in [0.5, 0.6) is 11.5 Å². The maximum Gasteiger partial charge on any atom is 0.170 e. The van der Waals surface area contributed by atoms with Gasteiger partial charge in [-0.15, -0.1) is 0 Å². The second-order valence-electron chi connectivity index (χ2n) is 6.85. The Hall–Kier alpha value is -2.37. The molecule has 0 radical (unpaired) electrons. The van der Waals surface area contributed by atoms with E-state index in [0.717, 1.165) is 38.2 Å². The van der Waals surface area contributed by atoms with Crippen molar-refractivity contribution in [2.75, 3.05) is 33.4 Å². The van der Waals surface area contributed by atoms with Crippen molar-refractivity contribution in [1.82, 2.24) is 4.90 Å². The Balaban J connectivity index is 1.61. The van der Waals surface area contributed by atoms with Gasteiger partial charge in [0.2, 0.25) is 0 Å². The molecule has 0 unspecified atom stereocenters. The molecule has 0 aromatic heterocycles. The van der Waals surface area contributed by atoms with Gasteiger partial charge in [0.15, 0.2) is 5.78 Å². The summed E-state index contributed by atoms with van der Waals surface area (Å²) in [5.41, 5.74) is 1.87. The van der Waals surface area contributed by atoms with Gasteiger partial charge in [-0.05, 0) is 49.2 Å². The van der Waals surface area contributed by atoms with Crippen molar-refractivity contribution in [3.63, 3.8) is 0 Å². The maximum absolute atomic E-state index is 13.0. The number of carbonyl (C=O) groups is 1. The van der Waals surface area contributed by atoms with Crippen LogP contribution in [-0.4, -0.2) is 49.2 Å². The quantitative estimate of drug-likeness (QED) is 0.725. The number of rotatable bonds is 8. The summed E-state index contributed by atoms with van der Waals surface area (Å²) in [5.74, 6) is 1.58. The lowest BCUT2D eigenvalue weighted by atomic mass is 9.89. The van der Waals surface area contributed by atoms with Crippen LogP contribution in [0.15, 0.2) is 48.5 Å². The van der Waals surface area contributed by atoms with E-state index >= 15 is 0 Å². The van der Waals surface area contributed by atoms with E-state index in [0.29, 0.717) is 17.9 Å². The fraction of sp³-hybridized carbons (Fsp3) is 0.409. The fourth-order valence-electron chi connectivity index (χ4n) is 3.59. The van der Waals surface area contributed by atoms with Crippen LogP contribution in [0.2, 0.25) is 0 Å². The van der Waals surface area contributed by atoms with Gasteiger partial charge in [0.25, 0.3) is 0 Å². The van der Waals surface area contributed by atoms with Crippen molar-refractivity contribution in [3.8, 4) is 11.5 Å². The van der Waals surface area contributed by atoms with Crippen molar-refractivity contribution in [1.29, 1.82) is 0 Å². The van der Waals surface area contributed by atoms with Gasteiger partial charge in [-0.3, -0.25) is 9.69 Å². The first-order valence-corrected chi connectivity index (χ1v) is 9.43. The molecule has 5 heteroatoms. The minimum atomic E-state index is 0.00205. The summed E-state index contributed by atoms with van der Waals surface area (Å²) < 4.78 is 10.8. The normalized spacial score (nSPS) is 17.5. The molecule has 5 nitrogen and oxygen atoms in total. The van der Waals surface area contributed by atoms with Crippen LogP contribution in [0.4, 0.5) is 0 Å². The summed E-state index contributed by atoms with van der Waals surface area (Å²) in [6.07, 6.45) is 1.94. The first kappa shape index (κ1) is 19.4. The van der Waals surface area contributed by atoms with E-state index in [-0.39, 0.29) is 18.3 Å². The lowest BCUT2D eigenvalue weighted by Gasteiger charge is -2.32. The number of aliphatic hydroxyl groups is 1. The molecule has 1 heterocycles. The zero-order valence-corrected chi connectivity index (χ0v) is 15.8. The van der Waals surface area contributed by atoms with Crippen LogP contribution < -0.4 is 9.47 Å². The van der Waals surface area contributed by atoms with Gasteiger partial charge < -0.3 is 14.6 Å². The molecule has 0 saturated carbocycles. The molecule has 3 rings (SSSR count). The molecule has 0 bridgehead atoms. The molecule has 1 N–H and O–H groups in total. The Morgan fingerprint density at radius 1 is 1.19 bits per heavy atom. The number of carbonyl (C=O) groups excluding carboxylic acids is 1. The summed E-state index contributed by atoms with van der Waals surface area (Å²) >= 11 is 0. The van der Waals surface area contributed by atoms with Crippen LogP contribution in [-0.2, 0) is 6.54 Å². The summed E-state index contributed by atoms with van der Waals surface area (Å²) in [4.78, 5) is 15.3. The lowest BCUT2D eigenvalue weighted by Crippen LogP contribution is -2.38. The molecule has 2 aromatic rings. The minimum Gasteiger partial charge on any atom is -0.496 e. The largest absolute Gasteiger partial charge is 0.496 e. The Bertz CT molecular complexity index is 744. The average Bonchev–Trinajstić information content (AvgIpc) is 2.73. The summed E-state index contributed by atoms with van der Waals surface area (Å²) in [6, 6.07) is 15.4. The molecule has 1 aliphatic rings.